The van der Waals surface area contributed by atoms with Crippen LogP contribution in [0.25, 0.3) is 11.4 Å². The van der Waals surface area contributed by atoms with Crippen LogP contribution in [0.15, 0.2) is 53.1 Å². The van der Waals surface area contributed by atoms with Crippen LogP contribution >= 0.6 is 0 Å². The largest absolute Gasteiger partial charge is 0.483 e. The van der Waals surface area contributed by atoms with Crippen molar-refractivity contribution in [3.05, 3.63) is 60.0 Å². The van der Waals surface area contributed by atoms with Crippen molar-refractivity contribution >= 4 is 5.91 Å². The van der Waals surface area contributed by atoms with Crippen LogP contribution in [0.2, 0.25) is 0 Å². The van der Waals surface area contributed by atoms with Crippen molar-refractivity contribution < 1.29 is 18.8 Å². The van der Waals surface area contributed by atoms with Crippen LogP contribution in [-0.2, 0) is 11.4 Å². The van der Waals surface area contributed by atoms with Crippen molar-refractivity contribution in [2.75, 3.05) is 19.7 Å². The van der Waals surface area contributed by atoms with Crippen LogP contribution in [-0.4, -0.2) is 40.6 Å². The van der Waals surface area contributed by atoms with E-state index in [1.54, 1.807) is 6.07 Å². The van der Waals surface area contributed by atoms with Crippen molar-refractivity contribution in [3.8, 4) is 22.9 Å². The molecule has 0 aliphatic carbocycles. The maximum Gasteiger partial charge on any atom is 0.264 e. The molecule has 1 aliphatic heterocycles. The zero-order valence-corrected chi connectivity index (χ0v) is 17.9. The zero-order valence-electron chi connectivity index (χ0n) is 17.9. The van der Waals surface area contributed by atoms with Crippen LogP contribution in [0, 0.1) is 12.8 Å². The molecule has 0 N–H and O–H groups in total. The number of para-hydroxylation sites is 2. The van der Waals surface area contributed by atoms with Gasteiger partial charge in [-0.1, -0.05) is 42.4 Å². The van der Waals surface area contributed by atoms with Gasteiger partial charge in [-0.05, 0) is 49.4 Å². The fourth-order valence-electron chi connectivity index (χ4n) is 3.70. The topological polar surface area (TPSA) is 77.7 Å². The van der Waals surface area contributed by atoms with E-state index in [1.165, 1.54) is 6.42 Å². The van der Waals surface area contributed by atoms with Gasteiger partial charge in [0, 0.05) is 13.1 Å². The van der Waals surface area contributed by atoms with Crippen LogP contribution in [0.5, 0.6) is 11.5 Å². The van der Waals surface area contributed by atoms with Gasteiger partial charge in [0.15, 0.2) is 13.2 Å². The first-order valence-corrected chi connectivity index (χ1v) is 10.6. The zero-order chi connectivity index (χ0) is 21.6. The van der Waals surface area contributed by atoms with Gasteiger partial charge in [0.05, 0.1) is 5.56 Å². The standard InChI is InChI=1S/C24H27N3O4/c1-17-8-7-13-27(14-17)23(28)16-30-21-12-6-4-10-19(21)24-25-22(31-26-24)15-29-20-11-5-3-9-18(20)2/h3-6,9-12,17H,7-8,13-16H2,1-2H3/t17-/m1/s1. The molecule has 1 aliphatic rings. The van der Waals surface area contributed by atoms with Gasteiger partial charge in [0.2, 0.25) is 5.82 Å². The number of hydrogen-bond donors (Lipinski definition) is 0. The number of carbonyl (C=O) groups is 1. The molecule has 0 bridgehead atoms. The second-order valence-corrected chi connectivity index (χ2v) is 7.94. The van der Waals surface area contributed by atoms with Crippen molar-refractivity contribution in [3.63, 3.8) is 0 Å². The number of amides is 1. The first-order valence-electron chi connectivity index (χ1n) is 10.6. The van der Waals surface area contributed by atoms with Crippen molar-refractivity contribution in [1.82, 2.24) is 15.0 Å². The summed E-state index contributed by atoms with van der Waals surface area (Å²) in [6.45, 7) is 5.90. The molecule has 1 atom stereocenters. The van der Waals surface area contributed by atoms with E-state index in [0.29, 0.717) is 28.9 Å². The first-order chi connectivity index (χ1) is 15.1. The van der Waals surface area contributed by atoms with E-state index in [4.69, 9.17) is 14.0 Å². The fourth-order valence-corrected chi connectivity index (χ4v) is 3.70. The number of piperidine rings is 1. The lowest BCUT2D eigenvalue weighted by Crippen LogP contribution is -2.41. The lowest BCUT2D eigenvalue weighted by Gasteiger charge is -2.30. The Balaban J connectivity index is 1.40. The maximum atomic E-state index is 12.6. The number of likely N-dealkylation sites (tertiary alicyclic amines) is 1. The van der Waals surface area contributed by atoms with E-state index in [2.05, 4.69) is 17.1 Å². The highest BCUT2D eigenvalue weighted by Crippen LogP contribution is 2.28. The fraction of sp³-hybridized carbons (Fsp3) is 0.375. The summed E-state index contributed by atoms with van der Waals surface area (Å²) in [6.07, 6.45) is 2.21. The summed E-state index contributed by atoms with van der Waals surface area (Å²) in [6, 6.07) is 15.1. The molecule has 4 rings (SSSR count). The number of aryl methyl sites for hydroxylation is 1. The number of rotatable bonds is 7. The minimum absolute atomic E-state index is 0.00165. The van der Waals surface area contributed by atoms with Crippen molar-refractivity contribution in [1.29, 1.82) is 0 Å². The van der Waals surface area contributed by atoms with Crippen LogP contribution < -0.4 is 9.47 Å². The second kappa shape index (κ2) is 9.64. The number of nitrogens with zero attached hydrogens (tertiary/aromatic N) is 3. The molecule has 162 valence electrons. The van der Waals surface area contributed by atoms with E-state index in [1.807, 2.05) is 54.3 Å². The number of carbonyl (C=O) groups excluding carboxylic acids is 1. The van der Waals surface area contributed by atoms with Crippen molar-refractivity contribution in [2.24, 2.45) is 5.92 Å². The SMILES string of the molecule is Cc1ccccc1OCc1nc(-c2ccccc2OCC(=O)N2CCC[C@@H](C)C2)no1. The Hall–Kier alpha value is -3.35. The number of hydrogen-bond acceptors (Lipinski definition) is 6. The summed E-state index contributed by atoms with van der Waals surface area (Å²) in [4.78, 5) is 18.9. The van der Waals surface area contributed by atoms with Gasteiger partial charge in [0.1, 0.15) is 11.5 Å². The number of ether oxygens (including phenoxy) is 2. The molecule has 1 saturated heterocycles. The average molecular weight is 421 g/mol. The Labute approximate surface area is 182 Å². The molecular formula is C24H27N3O4. The van der Waals surface area contributed by atoms with Gasteiger partial charge in [-0.3, -0.25) is 4.79 Å². The lowest BCUT2D eigenvalue weighted by atomic mass is 10.0. The molecule has 2 heterocycles. The highest BCUT2D eigenvalue weighted by Gasteiger charge is 2.22. The smallest absolute Gasteiger partial charge is 0.264 e. The third-order valence-electron chi connectivity index (χ3n) is 5.40. The number of aromatic nitrogens is 2. The molecule has 1 amide bonds. The van der Waals surface area contributed by atoms with Crippen LogP contribution in [0.3, 0.4) is 0 Å². The summed E-state index contributed by atoms with van der Waals surface area (Å²) in [5, 5.41) is 4.07. The molecule has 0 saturated carbocycles. The second-order valence-electron chi connectivity index (χ2n) is 7.94. The predicted molar refractivity (Wildman–Crippen MR) is 116 cm³/mol. The third-order valence-corrected chi connectivity index (χ3v) is 5.40. The summed E-state index contributed by atoms with van der Waals surface area (Å²) in [5.41, 5.74) is 1.71. The van der Waals surface area contributed by atoms with Gasteiger partial charge in [0.25, 0.3) is 11.8 Å². The monoisotopic (exact) mass is 421 g/mol. The maximum absolute atomic E-state index is 12.6. The lowest BCUT2D eigenvalue weighted by molar-refractivity contribution is -0.135. The molecule has 3 aromatic rings. The molecule has 2 aromatic carbocycles. The van der Waals surface area contributed by atoms with Gasteiger partial charge in [-0.2, -0.15) is 4.98 Å². The van der Waals surface area contributed by atoms with Gasteiger partial charge < -0.3 is 18.9 Å². The average Bonchev–Trinajstić information content (AvgIpc) is 3.26. The molecule has 1 aromatic heterocycles. The molecule has 7 nitrogen and oxygen atoms in total. The minimum Gasteiger partial charge on any atom is -0.483 e. The molecule has 0 radical (unpaired) electrons. The molecule has 7 heteroatoms. The Morgan fingerprint density at radius 2 is 1.90 bits per heavy atom. The van der Waals surface area contributed by atoms with E-state index >= 15 is 0 Å². The molecular weight excluding hydrogens is 394 g/mol. The minimum atomic E-state index is -0.00909. The Kier molecular flexibility index (Phi) is 6.50. The Morgan fingerprint density at radius 3 is 2.71 bits per heavy atom. The van der Waals surface area contributed by atoms with Gasteiger partial charge in [-0.15, -0.1) is 0 Å². The summed E-state index contributed by atoms with van der Waals surface area (Å²) in [7, 11) is 0. The molecule has 31 heavy (non-hydrogen) atoms. The summed E-state index contributed by atoms with van der Waals surface area (Å²) >= 11 is 0. The van der Waals surface area contributed by atoms with Crippen LogP contribution in [0.1, 0.15) is 31.2 Å². The predicted octanol–water partition coefficient (Wildman–Crippen LogP) is 4.26. The molecule has 0 spiro atoms. The third kappa shape index (κ3) is 5.23. The van der Waals surface area contributed by atoms with E-state index in [-0.39, 0.29) is 19.1 Å². The Bertz CT molecular complexity index is 1030. The van der Waals surface area contributed by atoms with Crippen LogP contribution in [0.4, 0.5) is 0 Å². The van der Waals surface area contributed by atoms with E-state index in [9.17, 15) is 4.79 Å². The normalized spacial score (nSPS) is 16.2. The van der Waals surface area contributed by atoms with Gasteiger partial charge in [-0.25, -0.2) is 0 Å². The quantitative estimate of drug-likeness (QED) is 0.567. The first kappa shape index (κ1) is 20.9. The highest BCUT2D eigenvalue weighted by atomic mass is 16.5. The molecule has 1 fully saturated rings. The van der Waals surface area contributed by atoms with E-state index in [0.717, 1.165) is 30.8 Å². The summed E-state index contributed by atoms with van der Waals surface area (Å²) < 4.78 is 17.0. The highest BCUT2D eigenvalue weighted by molar-refractivity contribution is 5.78. The number of benzene rings is 2. The summed E-state index contributed by atoms with van der Waals surface area (Å²) in [5.74, 6) is 2.63. The Morgan fingerprint density at radius 1 is 1.13 bits per heavy atom. The van der Waals surface area contributed by atoms with Crippen molar-refractivity contribution in [2.45, 2.75) is 33.3 Å². The van der Waals surface area contributed by atoms with E-state index < -0.39 is 0 Å². The molecule has 0 unspecified atom stereocenters. The van der Waals surface area contributed by atoms with Gasteiger partial charge >= 0.3 is 0 Å².